The summed E-state index contributed by atoms with van der Waals surface area (Å²) in [5.74, 6) is 1.08. The number of aromatic nitrogens is 1. The monoisotopic (exact) mass is 514 g/mol. The van der Waals surface area contributed by atoms with E-state index < -0.39 is 17.4 Å². The van der Waals surface area contributed by atoms with Crippen LogP contribution in [-0.4, -0.2) is 24.8 Å². The first kappa shape index (κ1) is 23.3. The number of carbonyl (C=O) groups is 1. The minimum atomic E-state index is -0.866. The fraction of sp³-hybridized carbons (Fsp3) is 0.240. The van der Waals surface area contributed by atoms with Crippen molar-refractivity contribution in [2.45, 2.75) is 26.3 Å². The third kappa shape index (κ3) is 3.83. The zero-order chi connectivity index (χ0) is 24.9. The Morgan fingerprint density at radius 1 is 1.11 bits per heavy atom. The van der Waals surface area contributed by atoms with Crippen LogP contribution in [0.1, 0.15) is 46.8 Å². The van der Waals surface area contributed by atoms with Gasteiger partial charge in [-0.15, -0.1) is 0 Å². The number of carbonyl (C=O) groups excluding carboxylic acids is 1. The highest BCUT2D eigenvalue weighted by Gasteiger charge is 2.45. The van der Waals surface area contributed by atoms with Gasteiger partial charge in [-0.1, -0.05) is 41.3 Å². The SMILES string of the molecule is CCCOc1ccc([C@@H]2c3c(oc4c(Cl)cc(Cl)cc4c3=O)C(=O)N2c2cc(C)on2)cc1OC. The minimum absolute atomic E-state index is 0.0889. The third-order valence-corrected chi connectivity index (χ3v) is 6.22. The van der Waals surface area contributed by atoms with Gasteiger partial charge in [0.25, 0.3) is 5.91 Å². The number of rotatable bonds is 6. The second-order valence-electron chi connectivity index (χ2n) is 8.07. The lowest BCUT2D eigenvalue weighted by molar-refractivity contribution is 0.0969. The maximum atomic E-state index is 13.7. The largest absolute Gasteiger partial charge is 0.493 e. The summed E-state index contributed by atoms with van der Waals surface area (Å²) in [5, 5.41) is 4.60. The van der Waals surface area contributed by atoms with E-state index in [1.54, 1.807) is 31.2 Å². The van der Waals surface area contributed by atoms with Gasteiger partial charge in [0.05, 0.1) is 35.7 Å². The third-order valence-electron chi connectivity index (χ3n) is 5.72. The lowest BCUT2D eigenvalue weighted by Gasteiger charge is -2.23. The molecule has 1 aliphatic heterocycles. The lowest BCUT2D eigenvalue weighted by Crippen LogP contribution is -2.29. The molecule has 10 heteroatoms. The van der Waals surface area contributed by atoms with Crippen LogP contribution >= 0.6 is 23.2 Å². The molecule has 35 heavy (non-hydrogen) atoms. The molecule has 0 aliphatic carbocycles. The Balaban J connectivity index is 1.77. The van der Waals surface area contributed by atoms with Gasteiger partial charge in [-0.05, 0) is 43.2 Å². The Morgan fingerprint density at radius 3 is 2.60 bits per heavy atom. The van der Waals surface area contributed by atoms with Crippen LogP contribution in [0.25, 0.3) is 11.0 Å². The van der Waals surface area contributed by atoms with E-state index in [1.165, 1.54) is 24.1 Å². The minimum Gasteiger partial charge on any atom is -0.493 e. The summed E-state index contributed by atoms with van der Waals surface area (Å²) >= 11 is 12.5. The number of aryl methyl sites for hydroxylation is 1. The Kier molecular flexibility index (Phi) is 5.94. The second kappa shape index (κ2) is 8.94. The van der Waals surface area contributed by atoms with Crippen molar-refractivity contribution in [3.63, 3.8) is 0 Å². The summed E-state index contributed by atoms with van der Waals surface area (Å²) in [6.07, 6.45) is 0.827. The van der Waals surface area contributed by atoms with Crippen LogP contribution in [0.5, 0.6) is 11.5 Å². The van der Waals surface area contributed by atoms with E-state index >= 15 is 0 Å². The van der Waals surface area contributed by atoms with Crippen LogP contribution in [0.15, 0.2) is 50.1 Å². The summed E-state index contributed by atoms with van der Waals surface area (Å²) in [6, 6.07) is 8.92. The normalized spacial score (nSPS) is 15.1. The van der Waals surface area contributed by atoms with Gasteiger partial charge < -0.3 is 18.4 Å². The smallest absolute Gasteiger partial charge is 0.296 e. The standard InChI is InChI=1S/C25H20Cl2N2O6/c1-4-7-33-17-6-5-13(9-18(17)32-3)21-20-22(30)15-10-14(26)11-16(27)23(15)34-24(20)25(31)29(21)19-8-12(2)35-28-19/h5-6,8-11,21H,4,7H2,1-3H3/t21-/m1/s1. The zero-order valence-electron chi connectivity index (χ0n) is 19.1. The van der Waals surface area contributed by atoms with Crippen LogP contribution in [0, 0.1) is 6.92 Å². The fourth-order valence-electron chi connectivity index (χ4n) is 4.21. The van der Waals surface area contributed by atoms with Gasteiger partial charge in [0.2, 0.25) is 5.76 Å². The van der Waals surface area contributed by atoms with Crippen molar-refractivity contribution >= 4 is 45.9 Å². The highest BCUT2D eigenvalue weighted by Crippen LogP contribution is 2.43. The topological polar surface area (TPSA) is 95.0 Å². The number of ether oxygens (including phenoxy) is 2. The highest BCUT2D eigenvalue weighted by molar-refractivity contribution is 6.38. The molecular formula is C25H20Cl2N2O6. The van der Waals surface area contributed by atoms with E-state index in [0.717, 1.165) is 6.42 Å². The number of methoxy groups -OCH3 is 1. The molecule has 0 saturated carbocycles. The lowest BCUT2D eigenvalue weighted by atomic mass is 9.98. The van der Waals surface area contributed by atoms with Crippen molar-refractivity contribution in [1.82, 2.24) is 5.16 Å². The summed E-state index contributed by atoms with van der Waals surface area (Å²) in [7, 11) is 1.52. The van der Waals surface area contributed by atoms with Gasteiger partial charge in [-0.3, -0.25) is 14.5 Å². The molecular weight excluding hydrogens is 495 g/mol. The number of hydrogen-bond acceptors (Lipinski definition) is 7. The van der Waals surface area contributed by atoms with Gasteiger partial charge in [-0.2, -0.15) is 0 Å². The number of amides is 1. The first-order valence-corrected chi connectivity index (χ1v) is 11.6. The predicted octanol–water partition coefficient (Wildman–Crippen LogP) is 5.94. The van der Waals surface area contributed by atoms with Gasteiger partial charge in [0, 0.05) is 11.1 Å². The van der Waals surface area contributed by atoms with Crippen molar-refractivity contribution in [3.8, 4) is 11.5 Å². The van der Waals surface area contributed by atoms with Gasteiger partial charge in [0.15, 0.2) is 28.3 Å². The Bertz CT molecular complexity index is 1530. The molecule has 0 bridgehead atoms. The molecule has 8 nitrogen and oxygen atoms in total. The Labute approximate surface area is 209 Å². The van der Waals surface area contributed by atoms with E-state index in [1.807, 2.05) is 6.92 Å². The molecule has 0 saturated heterocycles. The summed E-state index contributed by atoms with van der Waals surface area (Å²) in [4.78, 5) is 28.7. The molecule has 0 spiro atoms. The van der Waals surface area contributed by atoms with E-state index in [-0.39, 0.29) is 38.2 Å². The van der Waals surface area contributed by atoms with E-state index in [4.69, 9.17) is 41.6 Å². The number of halogens is 2. The van der Waals surface area contributed by atoms with Gasteiger partial charge >= 0.3 is 0 Å². The van der Waals surface area contributed by atoms with E-state index in [0.29, 0.717) is 29.4 Å². The average Bonchev–Trinajstić information content (AvgIpc) is 3.39. The van der Waals surface area contributed by atoms with Crippen LogP contribution in [0.3, 0.4) is 0 Å². The van der Waals surface area contributed by atoms with Crippen LogP contribution < -0.4 is 19.8 Å². The number of fused-ring (bicyclic) bond motifs is 2. The van der Waals surface area contributed by atoms with Crippen molar-refractivity contribution in [2.24, 2.45) is 0 Å². The maximum absolute atomic E-state index is 13.7. The molecule has 180 valence electrons. The molecule has 2 aromatic carbocycles. The number of benzene rings is 2. The van der Waals surface area contributed by atoms with E-state index in [2.05, 4.69) is 5.16 Å². The van der Waals surface area contributed by atoms with Crippen LogP contribution in [-0.2, 0) is 0 Å². The Morgan fingerprint density at radius 2 is 1.91 bits per heavy atom. The van der Waals surface area contributed by atoms with Crippen LogP contribution in [0.4, 0.5) is 5.82 Å². The van der Waals surface area contributed by atoms with Crippen LogP contribution in [0.2, 0.25) is 10.0 Å². The summed E-state index contributed by atoms with van der Waals surface area (Å²) in [5.41, 5.74) is 0.409. The molecule has 1 amide bonds. The molecule has 0 unspecified atom stereocenters. The number of anilines is 1. The molecule has 1 aliphatic rings. The molecule has 0 fully saturated rings. The highest BCUT2D eigenvalue weighted by atomic mass is 35.5. The molecule has 4 aromatic rings. The van der Waals surface area contributed by atoms with Crippen molar-refractivity contribution in [1.29, 1.82) is 0 Å². The number of hydrogen-bond donors (Lipinski definition) is 0. The number of nitrogens with zero attached hydrogens (tertiary/aromatic N) is 2. The van der Waals surface area contributed by atoms with E-state index in [9.17, 15) is 9.59 Å². The van der Waals surface area contributed by atoms with Crippen molar-refractivity contribution in [2.75, 3.05) is 18.6 Å². The molecule has 0 radical (unpaired) electrons. The first-order chi connectivity index (χ1) is 16.8. The second-order valence-corrected chi connectivity index (χ2v) is 8.91. The molecule has 5 rings (SSSR count). The van der Waals surface area contributed by atoms with Gasteiger partial charge in [0.1, 0.15) is 5.76 Å². The Hall–Kier alpha value is -3.49. The summed E-state index contributed by atoms with van der Waals surface area (Å²) in [6.45, 7) is 4.23. The van der Waals surface area contributed by atoms with Crippen molar-refractivity contribution < 1.29 is 23.2 Å². The molecule has 2 aromatic heterocycles. The maximum Gasteiger partial charge on any atom is 0.296 e. The average molecular weight is 515 g/mol. The summed E-state index contributed by atoms with van der Waals surface area (Å²) < 4.78 is 22.5. The predicted molar refractivity (Wildman–Crippen MR) is 131 cm³/mol. The van der Waals surface area contributed by atoms with Gasteiger partial charge in [-0.25, -0.2) is 0 Å². The molecule has 1 atom stereocenters. The first-order valence-electron chi connectivity index (χ1n) is 10.9. The van der Waals surface area contributed by atoms with Crippen molar-refractivity contribution in [3.05, 3.63) is 79.3 Å². The molecule has 0 N–H and O–H groups in total. The molecule has 3 heterocycles. The fourth-order valence-corrected chi connectivity index (χ4v) is 4.74. The quantitative estimate of drug-likeness (QED) is 0.314. The zero-order valence-corrected chi connectivity index (χ0v) is 20.6.